The Morgan fingerprint density at radius 1 is 1.04 bits per heavy atom. The van der Waals surface area contributed by atoms with Gasteiger partial charge >= 0.3 is 0 Å². The highest BCUT2D eigenvalue weighted by molar-refractivity contribution is 7.80. The largest absolute Gasteiger partial charge is 0.497 e. The van der Waals surface area contributed by atoms with Crippen LogP contribution in [0, 0.1) is 5.92 Å². The first-order valence-electron chi connectivity index (χ1n) is 7.85. The van der Waals surface area contributed by atoms with E-state index in [-0.39, 0.29) is 6.04 Å². The molecule has 0 heterocycles. The van der Waals surface area contributed by atoms with Crippen LogP contribution in [0.2, 0.25) is 0 Å². The molecule has 2 rings (SSSR count). The van der Waals surface area contributed by atoms with Gasteiger partial charge in [-0.2, -0.15) is 0 Å². The molecule has 0 spiro atoms. The highest BCUT2D eigenvalue weighted by Crippen LogP contribution is 2.23. The lowest BCUT2D eigenvalue weighted by molar-refractivity contribution is 0.414. The highest BCUT2D eigenvalue weighted by Gasteiger charge is 2.15. The van der Waals surface area contributed by atoms with Crippen LogP contribution in [0.25, 0.3) is 0 Å². The quantitative estimate of drug-likeness (QED) is 0.749. The van der Waals surface area contributed by atoms with Crippen molar-refractivity contribution in [2.24, 2.45) is 5.92 Å². The van der Waals surface area contributed by atoms with Gasteiger partial charge in [0, 0.05) is 5.69 Å². The van der Waals surface area contributed by atoms with Crippen molar-refractivity contribution in [3.05, 3.63) is 60.2 Å². The molecule has 1 atom stereocenters. The molecule has 0 fully saturated rings. The molecule has 2 aromatic rings. The van der Waals surface area contributed by atoms with E-state index in [1.807, 2.05) is 42.5 Å². The number of hydrogen-bond donors (Lipinski definition) is 2. The fourth-order valence-electron chi connectivity index (χ4n) is 2.43. The van der Waals surface area contributed by atoms with E-state index in [0.717, 1.165) is 17.9 Å². The average Bonchev–Trinajstić information content (AvgIpc) is 2.55. The van der Waals surface area contributed by atoms with Crippen LogP contribution < -0.4 is 15.4 Å². The number of benzene rings is 2. The van der Waals surface area contributed by atoms with E-state index >= 15 is 0 Å². The zero-order valence-electron chi connectivity index (χ0n) is 13.9. The van der Waals surface area contributed by atoms with E-state index < -0.39 is 0 Å². The molecule has 4 heteroatoms. The van der Waals surface area contributed by atoms with Crippen molar-refractivity contribution in [1.82, 2.24) is 5.32 Å². The Morgan fingerprint density at radius 3 is 2.26 bits per heavy atom. The van der Waals surface area contributed by atoms with Crippen molar-refractivity contribution in [2.45, 2.75) is 26.3 Å². The topological polar surface area (TPSA) is 33.3 Å². The van der Waals surface area contributed by atoms with E-state index in [0.29, 0.717) is 11.0 Å². The molecule has 3 nitrogen and oxygen atoms in total. The van der Waals surface area contributed by atoms with Gasteiger partial charge in [0.25, 0.3) is 0 Å². The first-order chi connectivity index (χ1) is 11.1. The number of anilines is 1. The first-order valence-corrected chi connectivity index (χ1v) is 8.26. The molecule has 0 saturated carbocycles. The Morgan fingerprint density at radius 2 is 1.70 bits per heavy atom. The molecule has 23 heavy (non-hydrogen) atoms. The summed E-state index contributed by atoms with van der Waals surface area (Å²) in [6, 6.07) is 18.3. The maximum absolute atomic E-state index is 5.47. The maximum atomic E-state index is 5.47. The van der Waals surface area contributed by atoms with Crippen LogP contribution in [0.1, 0.15) is 31.9 Å². The Balaban J connectivity index is 2.06. The van der Waals surface area contributed by atoms with Gasteiger partial charge in [0.15, 0.2) is 5.11 Å². The van der Waals surface area contributed by atoms with E-state index in [9.17, 15) is 0 Å². The van der Waals surface area contributed by atoms with Crippen LogP contribution >= 0.6 is 12.2 Å². The molecule has 0 aromatic heterocycles. The second-order valence-corrected chi connectivity index (χ2v) is 6.33. The van der Waals surface area contributed by atoms with Gasteiger partial charge in [0.05, 0.1) is 13.2 Å². The molecule has 2 N–H and O–H groups in total. The third-order valence-corrected chi connectivity index (χ3v) is 3.78. The summed E-state index contributed by atoms with van der Waals surface area (Å²) >= 11 is 5.47. The lowest BCUT2D eigenvalue weighted by Gasteiger charge is -2.23. The normalized spacial score (nSPS) is 11.8. The van der Waals surface area contributed by atoms with Crippen LogP contribution in [0.15, 0.2) is 54.6 Å². The summed E-state index contributed by atoms with van der Waals surface area (Å²) in [6.45, 7) is 4.43. The van der Waals surface area contributed by atoms with Crippen molar-refractivity contribution in [3.63, 3.8) is 0 Å². The lowest BCUT2D eigenvalue weighted by atomic mass is 9.97. The van der Waals surface area contributed by atoms with Gasteiger partial charge in [-0.25, -0.2) is 0 Å². The van der Waals surface area contributed by atoms with E-state index in [2.05, 4.69) is 36.6 Å². The van der Waals surface area contributed by atoms with Gasteiger partial charge in [-0.05, 0) is 54.4 Å². The number of methoxy groups -OCH3 is 1. The van der Waals surface area contributed by atoms with Crippen LogP contribution in [-0.2, 0) is 0 Å². The molecule has 0 bridgehead atoms. The summed E-state index contributed by atoms with van der Waals surface area (Å²) in [6.07, 6.45) is 1.00. The monoisotopic (exact) mass is 328 g/mol. The second-order valence-electron chi connectivity index (χ2n) is 5.92. The maximum Gasteiger partial charge on any atom is 0.171 e. The molecule has 0 unspecified atom stereocenters. The Hall–Kier alpha value is -2.07. The molecule has 0 aliphatic heterocycles. The SMILES string of the molecule is COc1ccc([C@@H](CC(C)C)NC(=S)Nc2ccccc2)cc1. The molecule has 122 valence electrons. The third-order valence-electron chi connectivity index (χ3n) is 3.56. The minimum atomic E-state index is 0.171. The van der Waals surface area contributed by atoms with Crippen LogP contribution in [0.3, 0.4) is 0 Å². The molecule has 0 radical (unpaired) electrons. The smallest absolute Gasteiger partial charge is 0.171 e. The number of hydrogen-bond acceptors (Lipinski definition) is 2. The van der Waals surface area contributed by atoms with Gasteiger partial charge in [-0.15, -0.1) is 0 Å². The minimum absolute atomic E-state index is 0.171. The Kier molecular flexibility index (Phi) is 6.41. The van der Waals surface area contributed by atoms with Gasteiger partial charge < -0.3 is 15.4 Å². The Bertz CT molecular complexity index is 611. The summed E-state index contributed by atoms with van der Waals surface area (Å²) in [5.74, 6) is 1.43. The molecule has 0 saturated heterocycles. The van der Waals surface area contributed by atoms with Gasteiger partial charge in [0.2, 0.25) is 0 Å². The van der Waals surface area contributed by atoms with Crippen molar-refractivity contribution >= 4 is 23.0 Å². The second kappa shape index (κ2) is 8.53. The number of rotatable bonds is 6. The lowest BCUT2D eigenvalue weighted by Crippen LogP contribution is -2.33. The van der Waals surface area contributed by atoms with Gasteiger partial charge in [-0.3, -0.25) is 0 Å². The molecular weight excluding hydrogens is 304 g/mol. The summed E-state index contributed by atoms with van der Waals surface area (Å²) in [7, 11) is 1.68. The molecule has 2 aromatic carbocycles. The van der Waals surface area contributed by atoms with Crippen molar-refractivity contribution < 1.29 is 4.74 Å². The number of ether oxygens (including phenoxy) is 1. The number of para-hydroxylation sites is 1. The average molecular weight is 328 g/mol. The van der Waals surface area contributed by atoms with Crippen molar-refractivity contribution in [1.29, 1.82) is 0 Å². The molecule has 0 aliphatic rings. The predicted molar refractivity (Wildman–Crippen MR) is 101 cm³/mol. The zero-order valence-corrected chi connectivity index (χ0v) is 14.7. The van der Waals surface area contributed by atoms with Crippen LogP contribution in [0.4, 0.5) is 5.69 Å². The Labute approximate surface area is 144 Å². The van der Waals surface area contributed by atoms with Gasteiger partial charge in [0.1, 0.15) is 5.75 Å². The zero-order chi connectivity index (χ0) is 16.7. The fourth-order valence-corrected chi connectivity index (χ4v) is 2.69. The fraction of sp³-hybridized carbons (Fsp3) is 0.316. The molecular formula is C19H24N2OS. The van der Waals surface area contributed by atoms with Crippen LogP contribution in [0.5, 0.6) is 5.75 Å². The van der Waals surface area contributed by atoms with E-state index in [1.54, 1.807) is 7.11 Å². The predicted octanol–water partition coefficient (Wildman–Crippen LogP) is 4.77. The molecule has 0 amide bonds. The summed E-state index contributed by atoms with van der Waals surface area (Å²) in [5, 5.41) is 7.30. The van der Waals surface area contributed by atoms with Crippen molar-refractivity contribution in [3.8, 4) is 5.75 Å². The molecule has 0 aliphatic carbocycles. The highest BCUT2D eigenvalue weighted by atomic mass is 32.1. The minimum Gasteiger partial charge on any atom is -0.497 e. The van der Waals surface area contributed by atoms with E-state index in [4.69, 9.17) is 17.0 Å². The number of thiocarbonyl (C=S) groups is 1. The summed E-state index contributed by atoms with van der Waals surface area (Å²) < 4.78 is 5.23. The summed E-state index contributed by atoms with van der Waals surface area (Å²) in [5.41, 5.74) is 2.19. The standard InChI is InChI=1S/C19H24N2OS/c1-14(2)13-18(15-9-11-17(22-3)12-10-15)21-19(23)20-16-7-5-4-6-8-16/h4-12,14,18H,13H2,1-3H3,(H2,20,21,23)/t18-/m1/s1. The van der Waals surface area contributed by atoms with Crippen LogP contribution in [-0.4, -0.2) is 12.2 Å². The third kappa shape index (κ3) is 5.57. The first kappa shape index (κ1) is 17.3. The number of nitrogens with one attached hydrogen (secondary N) is 2. The van der Waals surface area contributed by atoms with E-state index in [1.165, 1.54) is 5.56 Å². The summed E-state index contributed by atoms with van der Waals surface area (Å²) in [4.78, 5) is 0. The van der Waals surface area contributed by atoms with Gasteiger partial charge in [-0.1, -0.05) is 44.2 Å². The van der Waals surface area contributed by atoms with Crippen molar-refractivity contribution in [2.75, 3.05) is 12.4 Å².